The molecule has 0 N–H and O–H groups in total. The number of benzene rings is 1. The Kier molecular flexibility index (Phi) is 7.36. The summed E-state index contributed by atoms with van der Waals surface area (Å²) in [5.74, 6) is 0.694. The Morgan fingerprint density at radius 1 is 1.07 bits per heavy atom. The van der Waals surface area contributed by atoms with Gasteiger partial charge in [-0.2, -0.15) is 8.68 Å². The van der Waals surface area contributed by atoms with Gasteiger partial charge < -0.3 is 4.90 Å². The molecule has 154 valence electrons. The Labute approximate surface area is 170 Å². The van der Waals surface area contributed by atoms with Gasteiger partial charge in [-0.1, -0.05) is 38.3 Å². The van der Waals surface area contributed by atoms with Gasteiger partial charge in [-0.3, -0.25) is 0 Å². The van der Waals surface area contributed by atoms with Gasteiger partial charge in [0.05, 0.1) is 5.75 Å². The number of halogens is 1. The molecule has 1 aliphatic rings. The number of nitrogens with zero attached hydrogens (tertiary/aromatic N) is 4. The van der Waals surface area contributed by atoms with Crippen molar-refractivity contribution in [1.82, 2.24) is 13.7 Å². The molecule has 0 bridgehead atoms. The number of hydrogen-bond donors (Lipinski definition) is 0. The first kappa shape index (κ1) is 21.1. The van der Waals surface area contributed by atoms with E-state index in [-0.39, 0.29) is 11.6 Å². The van der Waals surface area contributed by atoms with Crippen LogP contribution in [0.25, 0.3) is 0 Å². The molecule has 9 heteroatoms. The molecular weight excluding hydrogens is 399 g/mol. The van der Waals surface area contributed by atoms with E-state index in [9.17, 15) is 12.8 Å². The number of unbranched alkanes of at least 4 members (excludes halogenated alkanes) is 3. The van der Waals surface area contributed by atoms with Crippen LogP contribution in [-0.4, -0.2) is 54.0 Å². The lowest BCUT2D eigenvalue weighted by Crippen LogP contribution is -2.49. The van der Waals surface area contributed by atoms with Gasteiger partial charge in [-0.15, -0.1) is 0 Å². The van der Waals surface area contributed by atoms with Crippen molar-refractivity contribution in [2.45, 2.75) is 39.0 Å². The van der Waals surface area contributed by atoms with Crippen LogP contribution in [0.2, 0.25) is 0 Å². The molecule has 28 heavy (non-hydrogen) atoms. The average molecular weight is 427 g/mol. The standard InChI is InChI=1S/C19H27FN4O2S2/c1-2-3-4-5-14-28(25,26)24-12-10-23(11-13-24)19-21-18(22-27-19)15-16-6-8-17(20)9-7-16/h6-9H,2-5,10-15H2,1H3. The van der Waals surface area contributed by atoms with Crippen LogP contribution in [0, 0.1) is 5.82 Å². The summed E-state index contributed by atoms with van der Waals surface area (Å²) in [4.78, 5) is 6.67. The molecule has 0 radical (unpaired) electrons. The molecule has 2 aromatic rings. The monoisotopic (exact) mass is 426 g/mol. The smallest absolute Gasteiger partial charge is 0.214 e. The van der Waals surface area contributed by atoms with E-state index in [4.69, 9.17) is 0 Å². The second-order valence-corrected chi connectivity index (χ2v) is 9.88. The van der Waals surface area contributed by atoms with Gasteiger partial charge in [0.15, 0.2) is 0 Å². The van der Waals surface area contributed by atoms with Crippen LogP contribution in [0.4, 0.5) is 9.52 Å². The zero-order chi connectivity index (χ0) is 20.0. The lowest BCUT2D eigenvalue weighted by Gasteiger charge is -2.33. The van der Waals surface area contributed by atoms with E-state index in [1.165, 1.54) is 23.7 Å². The van der Waals surface area contributed by atoms with Gasteiger partial charge >= 0.3 is 0 Å². The highest BCUT2D eigenvalue weighted by atomic mass is 32.2. The third-order valence-electron chi connectivity index (χ3n) is 4.89. The van der Waals surface area contributed by atoms with Crippen molar-refractivity contribution in [3.63, 3.8) is 0 Å². The minimum atomic E-state index is -3.17. The molecule has 1 aromatic carbocycles. The molecule has 0 atom stereocenters. The highest BCUT2D eigenvalue weighted by Crippen LogP contribution is 2.21. The summed E-state index contributed by atoms with van der Waals surface area (Å²) in [6, 6.07) is 6.34. The molecular formula is C19H27FN4O2S2. The molecule has 1 fully saturated rings. The fraction of sp³-hybridized carbons (Fsp3) is 0.579. The molecule has 0 unspecified atom stereocenters. The van der Waals surface area contributed by atoms with Crippen molar-refractivity contribution in [1.29, 1.82) is 0 Å². The van der Waals surface area contributed by atoms with Crippen LogP contribution in [0.15, 0.2) is 24.3 Å². The minimum Gasteiger partial charge on any atom is -0.344 e. The summed E-state index contributed by atoms with van der Waals surface area (Å²) in [7, 11) is -3.17. The van der Waals surface area contributed by atoms with Gasteiger partial charge in [0.1, 0.15) is 11.6 Å². The van der Waals surface area contributed by atoms with E-state index >= 15 is 0 Å². The summed E-state index contributed by atoms with van der Waals surface area (Å²) in [5.41, 5.74) is 0.963. The highest BCUT2D eigenvalue weighted by Gasteiger charge is 2.27. The third kappa shape index (κ3) is 5.71. The maximum Gasteiger partial charge on any atom is 0.214 e. The molecule has 0 saturated carbocycles. The molecule has 0 aliphatic carbocycles. The third-order valence-corrected chi connectivity index (χ3v) is 7.66. The van der Waals surface area contributed by atoms with Crippen molar-refractivity contribution in [2.24, 2.45) is 0 Å². The van der Waals surface area contributed by atoms with Crippen LogP contribution >= 0.6 is 11.5 Å². The Morgan fingerprint density at radius 3 is 2.46 bits per heavy atom. The van der Waals surface area contributed by atoms with Crippen molar-refractivity contribution < 1.29 is 12.8 Å². The molecule has 1 saturated heterocycles. The van der Waals surface area contributed by atoms with Crippen LogP contribution in [-0.2, 0) is 16.4 Å². The van der Waals surface area contributed by atoms with Crippen molar-refractivity contribution in [3.8, 4) is 0 Å². The van der Waals surface area contributed by atoms with E-state index in [0.717, 1.165) is 36.4 Å². The van der Waals surface area contributed by atoms with Crippen molar-refractivity contribution in [2.75, 3.05) is 36.8 Å². The summed E-state index contributed by atoms with van der Waals surface area (Å²) in [6.45, 7) is 4.34. The Hall–Kier alpha value is -1.58. The first-order chi connectivity index (χ1) is 13.5. The quantitative estimate of drug-likeness (QED) is 0.576. The lowest BCUT2D eigenvalue weighted by atomic mass is 10.1. The van der Waals surface area contributed by atoms with Crippen molar-refractivity contribution >= 4 is 26.7 Å². The van der Waals surface area contributed by atoms with Crippen LogP contribution in [0.1, 0.15) is 44.0 Å². The number of rotatable bonds is 9. The van der Waals surface area contributed by atoms with Crippen LogP contribution in [0.5, 0.6) is 0 Å². The second kappa shape index (κ2) is 9.76. The number of sulfonamides is 1. The molecule has 3 rings (SSSR count). The molecule has 0 amide bonds. The van der Waals surface area contributed by atoms with Crippen LogP contribution in [0.3, 0.4) is 0 Å². The number of hydrogen-bond acceptors (Lipinski definition) is 6. The first-order valence-corrected chi connectivity index (χ1v) is 12.2. The predicted molar refractivity (Wildman–Crippen MR) is 111 cm³/mol. The van der Waals surface area contributed by atoms with E-state index in [2.05, 4.69) is 21.2 Å². The van der Waals surface area contributed by atoms with Gasteiger partial charge in [-0.25, -0.2) is 17.8 Å². The summed E-state index contributed by atoms with van der Waals surface area (Å²) < 4.78 is 44.0. The SMILES string of the molecule is CCCCCCS(=O)(=O)N1CCN(c2nc(Cc3ccc(F)cc3)ns2)CC1. The molecule has 0 spiro atoms. The zero-order valence-corrected chi connectivity index (χ0v) is 17.8. The zero-order valence-electron chi connectivity index (χ0n) is 16.2. The highest BCUT2D eigenvalue weighted by molar-refractivity contribution is 7.89. The Balaban J connectivity index is 1.51. The van der Waals surface area contributed by atoms with Crippen LogP contribution < -0.4 is 4.90 Å². The van der Waals surface area contributed by atoms with Gasteiger partial charge in [-0.05, 0) is 24.1 Å². The normalized spacial score (nSPS) is 15.9. The molecule has 1 aromatic heterocycles. The fourth-order valence-corrected chi connectivity index (χ4v) is 5.51. The van der Waals surface area contributed by atoms with Gasteiger partial charge in [0.25, 0.3) is 0 Å². The maximum absolute atomic E-state index is 13.0. The predicted octanol–water partition coefficient (Wildman–Crippen LogP) is 3.30. The molecule has 2 heterocycles. The average Bonchev–Trinajstić information content (AvgIpc) is 3.16. The Bertz CT molecular complexity index is 847. The number of piperazine rings is 1. The Morgan fingerprint density at radius 2 is 1.79 bits per heavy atom. The maximum atomic E-state index is 13.0. The van der Waals surface area contributed by atoms with E-state index in [0.29, 0.717) is 38.4 Å². The first-order valence-electron chi connectivity index (χ1n) is 9.78. The fourth-order valence-electron chi connectivity index (χ4n) is 3.23. The lowest BCUT2D eigenvalue weighted by molar-refractivity contribution is 0.383. The second-order valence-electron chi connectivity index (χ2n) is 7.06. The number of anilines is 1. The van der Waals surface area contributed by atoms with Crippen molar-refractivity contribution in [3.05, 3.63) is 41.5 Å². The van der Waals surface area contributed by atoms with E-state index in [1.54, 1.807) is 16.4 Å². The number of aromatic nitrogens is 2. The summed E-state index contributed by atoms with van der Waals surface area (Å²) in [6.07, 6.45) is 4.45. The van der Waals surface area contributed by atoms with E-state index in [1.807, 2.05) is 0 Å². The van der Waals surface area contributed by atoms with Gasteiger partial charge in [0.2, 0.25) is 15.2 Å². The largest absolute Gasteiger partial charge is 0.344 e. The van der Waals surface area contributed by atoms with Gasteiger partial charge in [0, 0.05) is 44.1 Å². The molecule has 1 aliphatic heterocycles. The summed E-state index contributed by atoms with van der Waals surface area (Å²) >= 11 is 1.33. The van der Waals surface area contributed by atoms with E-state index < -0.39 is 10.0 Å². The topological polar surface area (TPSA) is 66.4 Å². The summed E-state index contributed by atoms with van der Waals surface area (Å²) in [5, 5.41) is 0.817. The molecule has 6 nitrogen and oxygen atoms in total. The minimum absolute atomic E-state index is 0.244.